The second-order valence-electron chi connectivity index (χ2n) is 11.4. The number of fused-ring (bicyclic) bond motifs is 2. The van der Waals surface area contributed by atoms with Crippen LogP contribution in [-0.2, 0) is 18.3 Å². The molecular weight excluding hydrogens is 396 g/mol. The Morgan fingerprint density at radius 3 is 2.33 bits per heavy atom. The first-order valence-electron chi connectivity index (χ1n) is 12.9. The molecule has 3 aromatic carbocycles. The summed E-state index contributed by atoms with van der Waals surface area (Å²) >= 11 is 0. The predicted molar refractivity (Wildman–Crippen MR) is 140 cm³/mol. The summed E-state index contributed by atoms with van der Waals surface area (Å²) in [5.41, 5.74) is 18.8. The lowest BCUT2D eigenvalue weighted by Gasteiger charge is -2.38. The second-order valence-corrected chi connectivity index (χ2v) is 11.4. The topological polar surface area (TPSA) is 0 Å². The van der Waals surface area contributed by atoms with Crippen LogP contribution in [0.4, 0.5) is 0 Å². The number of rotatable bonds is 2. The van der Waals surface area contributed by atoms with Crippen molar-refractivity contribution in [2.24, 2.45) is 0 Å². The van der Waals surface area contributed by atoms with Crippen molar-refractivity contribution in [2.45, 2.75) is 84.5 Å². The van der Waals surface area contributed by atoms with Crippen molar-refractivity contribution in [1.29, 1.82) is 0 Å². The maximum absolute atomic E-state index is 2.54. The summed E-state index contributed by atoms with van der Waals surface area (Å²) in [6, 6.07) is 16.8. The van der Waals surface area contributed by atoms with Crippen LogP contribution in [0.15, 0.2) is 54.1 Å². The Hall–Kier alpha value is -2.60. The van der Waals surface area contributed by atoms with Gasteiger partial charge in [0.05, 0.1) is 0 Å². The van der Waals surface area contributed by atoms with Crippen LogP contribution in [0.25, 0.3) is 11.1 Å². The zero-order chi connectivity index (χ0) is 22.9. The normalized spacial score (nSPS) is 23.2. The number of hydrogen-bond acceptors (Lipinski definition) is 0. The summed E-state index contributed by atoms with van der Waals surface area (Å²) in [4.78, 5) is 0. The first kappa shape index (κ1) is 21.0. The molecule has 0 aliphatic heterocycles. The van der Waals surface area contributed by atoms with Gasteiger partial charge in [-0.05, 0) is 122 Å². The van der Waals surface area contributed by atoms with Crippen molar-refractivity contribution in [3.05, 3.63) is 104 Å². The third-order valence-corrected chi connectivity index (χ3v) is 8.99. The third kappa shape index (κ3) is 3.25. The smallest absolute Gasteiger partial charge is 0.0101 e. The van der Waals surface area contributed by atoms with Gasteiger partial charge in [0.2, 0.25) is 0 Å². The monoisotopic (exact) mass is 432 g/mol. The molecule has 0 bridgehead atoms. The quantitative estimate of drug-likeness (QED) is 0.355. The van der Waals surface area contributed by atoms with Crippen LogP contribution in [-0.4, -0.2) is 0 Å². The molecule has 2 unspecified atom stereocenters. The Bertz CT molecular complexity index is 1300. The Morgan fingerprint density at radius 2 is 1.61 bits per heavy atom. The molecule has 0 N–H and O–H groups in total. The minimum Gasteiger partial charge on any atom is -0.0847 e. The molecule has 33 heavy (non-hydrogen) atoms. The molecule has 0 saturated carbocycles. The summed E-state index contributed by atoms with van der Waals surface area (Å²) in [6.45, 7) is 11.7. The highest BCUT2D eigenvalue weighted by Gasteiger charge is 2.39. The van der Waals surface area contributed by atoms with Gasteiger partial charge in [-0.25, -0.2) is 0 Å². The highest BCUT2D eigenvalue weighted by atomic mass is 14.4. The molecule has 6 rings (SSSR count). The van der Waals surface area contributed by atoms with E-state index in [1.165, 1.54) is 59.9 Å². The van der Waals surface area contributed by atoms with Gasteiger partial charge in [0.25, 0.3) is 0 Å². The summed E-state index contributed by atoms with van der Waals surface area (Å²) in [6.07, 6.45) is 9.77. The van der Waals surface area contributed by atoms with Gasteiger partial charge in [0.15, 0.2) is 0 Å². The fourth-order valence-corrected chi connectivity index (χ4v) is 7.00. The van der Waals surface area contributed by atoms with Crippen molar-refractivity contribution in [3.63, 3.8) is 0 Å². The molecule has 0 amide bonds. The van der Waals surface area contributed by atoms with Gasteiger partial charge in [-0.15, -0.1) is 0 Å². The first-order chi connectivity index (χ1) is 15.8. The minimum atomic E-state index is 0.253. The molecule has 0 aromatic heterocycles. The van der Waals surface area contributed by atoms with Gasteiger partial charge in [-0.3, -0.25) is 0 Å². The lowest BCUT2D eigenvalue weighted by molar-refractivity contribution is 0.415. The van der Waals surface area contributed by atoms with Crippen molar-refractivity contribution in [3.8, 4) is 11.1 Å². The van der Waals surface area contributed by atoms with E-state index in [9.17, 15) is 0 Å². The standard InChI is InChI=1S/C33H36/c1-20-6-8-24(9-7-20)27-18-23(4)25-10-11-26-28-16-22(3)17-31(29(28)19-30(27)32(25)26)33(5)14-12-21(2)13-15-33/h6-9,12,16-18,26H,10-11,13-15,19H2,1-5H3. The fraction of sp³-hybridized carbons (Fsp3) is 0.394. The van der Waals surface area contributed by atoms with Crippen molar-refractivity contribution >= 4 is 0 Å². The molecular formula is C33H36. The molecule has 168 valence electrons. The Labute approximate surface area is 199 Å². The van der Waals surface area contributed by atoms with Crippen LogP contribution in [0.1, 0.15) is 95.5 Å². The van der Waals surface area contributed by atoms with Gasteiger partial charge in [0, 0.05) is 5.92 Å². The van der Waals surface area contributed by atoms with Crippen LogP contribution in [0, 0.1) is 20.8 Å². The zero-order valence-electron chi connectivity index (χ0n) is 20.9. The Morgan fingerprint density at radius 1 is 0.818 bits per heavy atom. The van der Waals surface area contributed by atoms with Crippen LogP contribution in [0.3, 0.4) is 0 Å². The minimum absolute atomic E-state index is 0.253. The highest BCUT2D eigenvalue weighted by molar-refractivity contribution is 5.75. The zero-order valence-corrected chi connectivity index (χ0v) is 20.9. The van der Waals surface area contributed by atoms with Crippen LogP contribution in [0.2, 0.25) is 0 Å². The van der Waals surface area contributed by atoms with Gasteiger partial charge in [-0.1, -0.05) is 72.2 Å². The van der Waals surface area contributed by atoms with Crippen molar-refractivity contribution in [2.75, 3.05) is 0 Å². The predicted octanol–water partition coefficient (Wildman–Crippen LogP) is 8.65. The number of allylic oxidation sites excluding steroid dienone is 2. The molecule has 0 nitrogen and oxygen atoms in total. The van der Waals surface area contributed by atoms with E-state index < -0.39 is 0 Å². The molecule has 0 radical (unpaired) electrons. The molecule has 0 spiro atoms. The van der Waals surface area contributed by atoms with E-state index in [0.29, 0.717) is 5.92 Å². The largest absolute Gasteiger partial charge is 0.0847 e. The van der Waals surface area contributed by atoms with E-state index in [1.54, 1.807) is 39.0 Å². The number of aryl methyl sites for hydroxylation is 3. The molecule has 3 aliphatic rings. The molecule has 3 aromatic rings. The van der Waals surface area contributed by atoms with E-state index in [0.717, 1.165) is 6.42 Å². The summed E-state index contributed by atoms with van der Waals surface area (Å²) in [5, 5.41) is 0. The number of benzene rings is 3. The van der Waals surface area contributed by atoms with E-state index in [1.807, 2.05) is 0 Å². The average Bonchev–Trinajstić information content (AvgIpc) is 3.25. The average molecular weight is 433 g/mol. The lowest BCUT2D eigenvalue weighted by Crippen LogP contribution is -2.28. The summed E-state index contributed by atoms with van der Waals surface area (Å²) in [5.74, 6) is 0.575. The molecule has 0 fully saturated rings. The van der Waals surface area contributed by atoms with Crippen molar-refractivity contribution in [1.82, 2.24) is 0 Å². The van der Waals surface area contributed by atoms with Crippen LogP contribution >= 0.6 is 0 Å². The lowest BCUT2D eigenvalue weighted by atomic mass is 9.66. The third-order valence-electron chi connectivity index (χ3n) is 8.99. The van der Waals surface area contributed by atoms with Gasteiger partial charge in [-0.2, -0.15) is 0 Å². The SMILES string of the molecule is CC1=CCC(C)(c2cc(C)cc3c2Cc2c(-c4ccc(C)cc4)cc(C)c4c2C3CC4)CC1. The van der Waals surface area contributed by atoms with Crippen LogP contribution < -0.4 is 0 Å². The van der Waals surface area contributed by atoms with Gasteiger partial charge in [0.1, 0.15) is 0 Å². The Balaban J connectivity index is 1.57. The Kier molecular flexibility index (Phi) is 4.74. The van der Waals surface area contributed by atoms with Gasteiger partial charge >= 0.3 is 0 Å². The van der Waals surface area contributed by atoms with E-state index >= 15 is 0 Å². The first-order valence-corrected chi connectivity index (χ1v) is 12.9. The second kappa shape index (κ2) is 7.45. The molecule has 2 atom stereocenters. The summed E-state index contributed by atoms with van der Waals surface area (Å²) < 4.78 is 0. The maximum Gasteiger partial charge on any atom is 0.0101 e. The summed E-state index contributed by atoms with van der Waals surface area (Å²) in [7, 11) is 0. The number of hydrogen-bond donors (Lipinski definition) is 0. The molecule has 3 aliphatic carbocycles. The van der Waals surface area contributed by atoms with E-state index in [2.05, 4.69) is 83.2 Å². The van der Waals surface area contributed by atoms with E-state index in [4.69, 9.17) is 0 Å². The highest BCUT2D eigenvalue weighted by Crippen LogP contribution is 2.52. The van der Waals surface area contributed by atoms with Gasteiger partial charge < -0.3 is 0 Å². The molecule has 0 heterocycles. The molecule has 0 saturated heterocycles. The maximum atomic E-state index is 2.54. The van der Waals surface area contributed by atoms with E-state index in [-0.39, 0.29) is 5.41 Å². The molecule has 0 heteroatoms. The van der Waals surface area contributed by atoms with Crippen molar-refractivity contribution < 1.29 is 0 Å². The fourth-order valence-electron chi connectivity index (χ4n) is 7.00. The van der Waals surface area contributed by atoms with Crippen LogP contribution in [0.5, 0.6) is 0 Å².